The maximum atomic E-state index is 12.1. The molecule has 0 amide bonds. The molecule has 160 valence electrons. The average Bonchev–Trinajstić information content (AvgIpc) is 2.50. The van der Waals surface area contributed by atoms with Gasteiger partial charge in [-0.15, -0.1) is 0 Å². The predicted molar refractivity (Wildman–Crippen MR) is 122 cm³/mol. The Morgan fingerprint density at radius 2 is 1.39 bits per heavy atom. The first-order chi connectivity index (χ1) is 12.5. The second-order valence-electron chi connectivity index (χ2n) is 10.4. The van der Waals surface area contributed by atoms with Gasteiger partial charge in [-0.3, -0.25) is 14.3 Å². The highest BCUT2D eigenvalue weighted by atomic mass is 28.4. The van der Waals surface area contributed by atoms with Gasteiger partial charge in [0.1, 0.15) is 0 Å². The molecule has 1 N–H and O–H groups in total. The minimum Gasteiger partial charge on any atom is -0.413 e. The van der Waals surface area contributed by atoms with Crippen LogP contribution in [0, 0.1) is 0 Å². The molecule has 0 aliphatic carbocycles. The van der Waals surface area contributed by atoms with E-state index >= 15 is 0 Å². The van der Waals surface area contributed by atoms with Gasteiger partial charge in [0.05, 0.1) is 13.2 Å². The second-order valence-corrected chi connectivity index (χ2v) is 20.0. The molecule has 1 aromatic heterocycles. The van der Waals surface area contributed by atoms with Gasteiger partial charge in [-0.25, -0.2) is 4.79 Å². The van der Waals surface area contributed by atoms with Gasteiger partial charge < -0.3 is 8.85 Å². The van der Waals surface area contributed by atoms with Crippen LogP contribution in [0.15, 0.2) is 27.4 Å². The first-order valence-electron chi connectivity index (χ1n) is 9.75. The maximum absolute atomic E-state index is 12.1. The lowest BCUT2D eigenvalue weighted by molar-refractivity contribution is 0.272. The van der Waals surface area contributed by atoms with Crippen molar-refractivity contribution in [1.29, 1.82) is 0 Å². The van der Waals surface area contributed by atoms with Crippen LogP contribution in [-0.4, -0.2) is 39.4 Å². The Bertz CT molecular complexity index is 777. The number of nitrogens with one attached hydrogen (secondary N) is 1. The molecule has 0 spiro atoms. The molecule has 6 nitrogen and oxygen atoms in total. The summed E-state index contributed by atoms with van der Waals surface area (Å²) in [4.78, 5) is 25.7. The number of aromatic amines is 1. The van der Waals surface area contributed by atoms with Crippen LogP contribution in [0.4, 0.5) is 0 Å². The summed E-state index contributed by atoms with van der Waals surface area (Å²) in [7, 11) is -3.90. The standard InChI is InChI=1S/C20H38N2O4Si2/c1-19(2,3)27(7,8)25-14-16(15-26-28(9,10)20(4,5)6)13-22-12-11-17(23)21-18(22)24/h11-13H,14-15H2,1-10H3,(H,21,23,24). The Morgan fingerprint density at radius 3 is 1.75 bits per heavy atom. The van der Waals surface area contributed by atoms with Crippen LogP contribution in [0.2, 0.25) is 36.3 Å². The molecule has 0 unspecified atom stereocenters. The zero-order valence-corrected chi connectivity index (χ0v) is 21.2. The normalized spacial score (nSPS) is 13.5. The van der Waals surface area contributed by atoms with E-state index in [1.165, 1.54) is 16.8 Å². The molecule has 0 radical (unpaired) electrons. The summed E-state index contributed by atoms with van der Waals surface area (Å²) in [5.74, 6) is 0. The number of rotatable bonds is 7. The van der Waals surface area contributed by atoms with Crippen molar-refractivity contribution in [2.45, 2.75) is 77.8 Å². The summed E-state index contributed by atoms with van der Waals surface area (Å²) in [6.45, 7) is 22.8. The second kappa shape index (κ2) is 8.65. The van der Waals surface area contributed by atoms with E-state index in [0.717, 1.165) is 5.57 Å². The summed E-state index contributed by atoms with van der Waals surface area (Å²) in [6.07, 6.45) is 3.19. The molecule has 1 rings (SSSR count). The van der Waals surface area contributed by atoms with Crippen LogP contribution in [-0.2, 0) is 8.85 Å². The van der Waals surface area contributed by atoms with Gasteiger partial charge >= 0.3 is 5.69 Å². The van der Waals surface area contributed by atoms with Gasteiger partial charge in [0.15, 0.2) is 16.6 Å². The molecule has 0 aromatic carbocycles. The van der Waals surface area contributed by atoms with Crippen molar-refractivity contribution in [3.63, 3.8) is 0 Å². The largest absolute Gasteiger partial charge is 0.413 e. The summed E-state index contributed by atoms with van der Waals surface area (Å²) in [5.41, 5.74) is -0.000279. The molecule has 0 atom stereocenters. The molecule has 28 heavy (non-hydrogen) atoms. The van der Waals surface area contributed by atoms with Gasteiger partial charge in [-0.1, -0.05) is 41.5 Å². The Balaban J connectivity index is 3.15. The number of hydrogen-bond acceptors (Lipinski definition) is 4. The van der Waals surface area contributed by atoms with E-state index in [4.69, 9.17) is 8.85 Å². The smallest absolute Gasteiger partial charge is 0.332 e. The van der Waals surface area contributed by atoms with Crippen molar-refractivity contribution in [1.82, 2.24) is 9.55 Å². The van der Waals surface area contributed by atoms with Crippen LogP contribution in [0.3, 0.4) is 0 Å². The summed E-state index contributed by atoms with van der Waals surface area (Å²) < 4.78 is 14.1. The first kappa shape index (κ1) is 24.8. The van der Waals surface area contributed by atoms with Gasteiger partial charge in [0.25, 0.3) is 5.56 Å². The summed E-state index contributed by atoms with van der Waals surface area (Å²) >= 11 is 0. The maximum Gasteiger partial charge on any atom is 0.332 e. The van der Waals surface area contributed by atoms with Gasteiger partial charge in [-0.05, 0) is 41.8 Å². The predicted octanol–water partition coefficient (Wildman–Crippen LogP) is 4.42. The fourth-order valence-corrected chi connectivity index (χ4v) is 3.78. The van der Waals surface area contributed by atoms with Crippen molar-refractivity contribution in [2.75, 3.05) is 13.2 Å². The average molecular weight is 427 g/mol. The SMILES string of the molecule is CC(C)(C)[Si](C)(C)OCC(=Cn1ccc(=O)[nH]c1=O)CO[Si](C)(C)C(C)(C)C. The number of aromatic nitrogens is 2. The Kier molecular flexibility index (Phi) is 7.66. The van der Waals surface area contributed by atoms with Crippen molar-refractivity contribution < 1.29 is 8.85 Å². The van der Waals surface area contributed by atoms with E-state index in [0.29, 0.717) is 13.2 Å². The van der Waals surface area contributed by atoms with E-state index in [2.05, 4.69) is 72.7 Å². The van der Waals surface area contributed by atoms with Crippen LogP contribution in [0.5, 0.6) is 0 Å². The minimum atomic E-state index is -1.95. The topological polar surface area (TPSA) is 73.3 Å². The van der Waals surface area contributed by atoms with Crippen LogP contribution in [0.25, 0.3) is 6.20 Å². The molecule has 0 aliphatic heterocycles. The molecule has 0 aliphatic rings. The zero-order chi connectivity index (χ0) is 22.0. The lowest BCUT2D eigenvalue weighted by Crippen LogP contribution is -2.43. The van der Waals surface area contributed by atoms with E-state index in [1.807, 2.05) is 0 Å². The molecule has 0 saturated heterocycles. The molecule has 1 heterocycles. The van der Waals surface area contributed by atoms with Crippen LogP contribution in [0.1, 0.15) is 41.5 Å². The highest BCUT2D eigenvalue weighted by Gasteiger charge is 2.39. The molecule has 1 aromatic rings. The Morgan fingerprint density at radius 1 is 0.964 bits per heavy atom. The zero-order valence-electron chi connectivity index (χ0n) is 19.2. The van der Waals surface area contributed by atoms with E-state index in [-0.39, 0.29) is 10.1 Å². The van der Waals surface area contributed by atoms with Gasteiger partial charge in [0, 0.05) is 18.5 Å². The van der Waals surface area contributed by atoms with E-state index in [1.54, 1.807) is 6.20 Å². The summed E-state index contributed by atoms with van der Waals surface area (Å²) in [5, 5.41) is 0.181. The van der Waals surface area contributed by atoms with E-state index < -0.39 is 27.9 Å². The quantitative estimate of drug-likeness (QED) is 0.655. The lowest BCUT2D eigenvalue weighted by Gasteiger charge is -2.38. The van der Waals surface area contributed by atoms with Gasteiger partial charge in [0.2, 0.25) is 0 Å². The first-order valence-corrected chi connectivity index (χ1v) is 15.6. The third-order valence-corrected chi connectivity index (χ3v) is 15.0. The number of nitrogens with zero attached hydrogens (tertiary/aromatic N) is 1. The fraction of sp³-hybridized carbons (Fsp3) is 0.700. The number of hydrogen-bond donors (Lipinski definition) is 1. The highest BCUT2D eigenvalue weighted by Crippen LogP contribution is 2.38. The fourth-order valence-electron chi connectivity index (χ4n) is 1.82. The molecule has 8 heteroatoms. The summed E-state index contributed by atoms with van der Waals surface area (Å²) in [6, 6.07) is 1.33. The molecule has 0 saturated carbocycles. The molecule has 0 fully saturated rings. The Hall–Kier alpha value is -1.23. The van der Waals surface area contributed by atoms with Crippen LogP contribution >= 0.6 is 0 Å². The molecular weight excluding hydrogens is 388 g/mol. The third kappa shape index (κ3) is 6.68. The van der Waals surface area contributed by atoms with Crippen LogP contribution < -0.4 is 11.2 Å². The monoisotopic (exact) mass is 426 g/mol. The highest BCUT2D eigenvalue weighted by molar-refractivity contribution is 6.74. The lowest BCUT2D eigenvalue weighted by atomic mass is 10.2. The van der Waals surface area contributed by atoms with Crippen molar-refractivity contribution in [3.05, 3.63) is 38.7 Å². The van der Waals surface area contributed by atoms with Crippen molar-refractivity contribution in [3.8, 4) is 0 Å². The Labute approximate surface area is 171 Å². The van der Waals surface area contributed by atoms with Gasteiger partial charge in [-0.2, -0.15) is 0 Å². The van der Waals surface area contributed by atoms with Crippen molar-refractivity contribution in [2.24, 2.45) is 0 Å². The molecular formula is C20H38N2O4Si2. The third-order valence-electron chi connectivity index (χ3n) is 6.02. The van der Waals surface area contributed by atoms with Crippen molar-refractivity contribution >= 4 is 22.8 Å². The molecule has 0 bridgehead atoms. The van der Waals surface area contributed by atoms with E-state index in [9.17, 15) is 9.59 Å². The minimum absolute atomic E-state index is 0.0905. The number of H-pyrrole nitrogens is 1.